The summed E-state index contributed by atoms with van der Waals surface area (Å²) < 4.78 is 41.2. The highest BCUT2D eigenvalue weighted by Gasteiger charge is 2.34. The Hall–Kier alpha value is -2.68. The normalized spacial score (nSPS) is 15.9. The summed E-state index contributed by atoms with van der Waals surface area (Å²) in [5, 5.41) is 6.73. The Morgan fingerprint density at radius 1 is 1.23 bits per heavy atom. The number of likely N-dealkylation sites (tertiary alicyclic amines) is 1. The predicted molar refractivity (Wildman–Crippen MR) is 107 cm³/mol. The molecule has 1 aliphatic heterocycles. The van der Waals surface area contributed by atoms with Crippen molar-refractivity contribution in [2.75, 3.05) is 19.6 Å². The van der Waals surface area contributed by atoms with Crippen LogP contribution in [0, 0.1) is 6.92 Å². The van der Waals surface area contributed by atoms with Gasteiger partial charge >= 0.3 is 6.18 Å². The molecule has 2 aromatic rings. The second-order valence-corrected chi connectivity index (χ2v) is 7.44. The van der Waals surface area contributed by atoms with Crippen molar-refractivity contribution in [3.05, 3.63) is 57.5 Å². The molecule has 3 rings (SSSR count). The quantitative estimate of drug-likeness (QED) is 0.777. The first-order valence-corrected chi connectivity index (χ1v) is 10.0. The molecular formula is C21H25F3N4O2. The first kappa shape index (κ1) is 22.0. The van der Waals surface area contributed by atoms with Crippen LogP contribution in [-0.2, 0) is 6.18 Å². The summed E-state index contributed by atoms with van der Waals surface area (Å²) in [6.45, 7) is 5.80. The number of benzene rings is 1. The second-order valence-electron chi connectivity index (χ2n) is 7.44. The Labute approximate surface area is 172 Å². The minimum absolute atomic E-state index is 0.148. The summed E-state index contributed by atoms with van der Waals surface area (Å²) in [6, 6.07) is 6.21. The zero-order chi connectivity index (χ0) is 21.9. The molecule has 0 spiro atoms. The van der Waals surface area contributed by atoms with E-state index in [0.717, 1.165) is 49.2 Å². The molecule has 1 N–H and O–H groups in total. The molecule has 1 amide bonds. The number of hydrogen-bond donors (Lipinski definition) is 1. The fourth-order valence-corrected chi connectivity index (χ4v) is 3.78. The van der Waals surface area contributed by atoms with E-state index in [-0.39, 0.29) is 17.4 Å². The molecule has 0 radical (unpaired) electrons. The molecular weight excluding hydrogens is 397 g/mol. The van der Waals surface area contributed by atoms with Crippen LogP contribution in [0.2, 0.25) is 0 Å². The van der Waals surface area contributed by atoms with E-state index < -0.39 is 28.8 Å². The van der Waals surface area contributed by atoms with Crippen LogP contribution in [0.15, 0.2) is 35.1 Å². The first-order chi connectivity index (χ1) is 14.2. The molecule has 1 aromatic carbocycles. The number of aromatic nitrogens is 2. The van der Waals surface area contributed by atoms with Crippen LogP contribution in [-0.4, -0.2) is 46.3 Å². The average Bonchev–Trinajstić information content (AvgIpc) is 3.22. The molecule has 0 bridgehead atoms. The standard InChI is InChI=1S/C21H25F3N4O2/c1-3-15(27-10-6-7-11-27)13-25-20(30)19-18(29)12-14(2)28(26-19)17-9-5-4-8-16(17)21(22,23)24/h4-5,8-9,12,15H,3,6-7,10-11,13H2,1-2H3,(H,25,30). The van der Waals surface area contributed by atoms with Gasteiger partial charge in [-0.3, -0.25) is 14.5 Å². The summed E-state index contributed by atoms with van der Waals surface area (Å²) in [5.74, 6) is -0.684. The minimum atomic E-state index is -4.60. The van der Waals surface area contributed by atoms with Gasteiger partial charge in [0.2, 0.25) is 5.43 Å². The second kappa shape index (κ2) is 8.99. The van der Waals surface area contributed by atoms with Crippen molar-refractivity contribution in [3.63, 3.8) is 0 Å². The first-order valence-electron chi connectivity index (χ1n) is 10.0. The maximum Gasteiger partial charge on any atom is 0.418 e. The summed E-state index contributed by atoms with van der Waals surface area (Å²) in [6.07, 6.45) is -1.52. The minimum Gasteiger partial charge on any atom is -0.349 e. The Morgan fingerprint density at radius 2 is 1.90 bits per heavy atom. The van der Waals surface area contributed by atoms with Crippen molar-refractivity contribution >= 4 is 5.91 Å². The highest BCUT2D eigenvalue weighted by molar-refractivity contribution is 5.92. The molecule has 1 unspecified atom stereocenters. The van der Waals surface area contributed by atoms with Gasteiger partial charge < -0.3 is 5.32 Å². The molecule has 1 saturated heterocycles. The van der Waals surface area contributed by atoms with Gasteiger partial charge in [0.05, 0.1) is 11.3 Å². The lowest BCUT2D eigenvalue weighted by atomic mass is 10.1. The Balaban J connectivity index is 1.89. The van der Waals surface area contributed by atoms with Gasteiger partial charge in [-0.25, -0.2) is 4.68 Å². The van der Waals surface area contributed by atoms with Crippen LogP contribution >= 0.6 is 0 Å². The van der Waals surface area contributed by atoms with Crippen molar-refractivity contribution in [3.8, 4) is 5.69 Å². The average molecular weight is 422 g/mol. The molecule has 1 fully saturated rings. The smallest absolute Gasteiger partial charge is 0.349 e. The largest absolute Gasteiger partial charge is 0.418 e. The third-order valence-corrected chi connectivity index (χ3v) is 5.39. The Morgan fingerprint density at radius 3 is 2.53 bits per heavy atom. The highest BCUT2D eigenvalue weighted by Crippen LogP contribution is 2.33. The number of alkyl halides is 3. The summed E-state index contributed by atoms with van der Waals surface area (Å²) in [4.78, 5) is 27.3. The van der Waals surface area contributed by atoms with Crippen LogP contribution in [0.5, 0.6) is 0 Å². The molecule has 6 nitrogen and oxygen atoms in total. The fraction of sp³-hybridized carbons (Fsp3) is 0.476. The van der Waals surface area contributed by atoms with Gasteiger partial charge in [0.25, 0.3) is 5.91 Å². The van der Waals surface area contributed by atoms with Crippen LogP contribution in [0.4, 0.5) is 13.2 Å². The van der Waals surface area contributed by atoms with Crippen molar-refractivity contribution in [2.45, 2.75) is 45.3 Å². The summed E-state index contributed by atoms with van der Waals surface area (Å²) in [5.41, 5.74) is -1.97. The summed E-state index contributed by atoms with van der Waals surface area (Å²) >= 11 is 0. The molecule has 1 aliphatic rings. The van der Waals surface area contributed by atoms with Crippen LogP contribution < -0.4 is 10.7 Å². The van der Waals surface area contributed by atoms with E-state index in [0.29, 0.717) is 6.54 Å². The monoisotopic (exact) mass is 422 g/mol. The molecule has 30 heavy (non-hydrogen) atoms. The number of carbonyl (C=O) groups excluding carboxylic acids is 1. The van der Waals surface area contributed by atoms with E-state index in [1.54, 1.807) is 0 Å². The van der Waals surface area contributed by atoms with Gasteiger partial charge in [-0.1, -0.05) is 19.1 Å². The highest BCUT2D eigenvalue weighted by atomic mass is 19.4. The number of rotatable bonds is 6. The van der Waals surface area contributed by atoms with E-state index in [4.69, 9.17) is 0 Å². The predicted octanol–water partition coefficient (Wildman–Crippen LogP) is 3.16. The van der Waals surface area contributed by atoms with E-state index in [9.17, 15) is 22.8 Å². The number of carbonyl (C=O) groups is 1. The molecule has 9 heteroatoms. The van der Waals surface area contributed by atoms with Crippen molar-refractivity contribution in [1.82, 2.24) is 20.0 Å². The van der Waals surface area contributed by atoms with Crippen LogP contribution in [0.25, 0.3) is 5.69 Å². The number of para-hydroxylation sites is 1. The molecule has 0 saturated carbocycles. The SMILES string of the molecule is CCC(CNC(=O)c1nn(-c2ccccc2C(F)(F)F)c(C)cc1=O)N1CCCC1. The van der Waals surface area contributed by atoms with Crippen LogP contribution in [0.3, 0.4) is 0 Å². The zero-order valence-corrected chi connectivity index (χ0v) is 17.0. The molecule has 162 valence electrons. The topological polar surface area (TPSA) is 67.2 Å². The zero-order valence-electron chi connectivity index (χ0n) is 17.0. The molecule has 1 aromatic heterocycles. The lowest BCUT2D eigenvalue weighted by molar-refractivity contribution is -0.137. The number of hydrogen-bond acceptors (Lipinski definition) is 4. The summed E-state index contributed by atoms with van der Waals surface area (Å²) in [7, 11) is 0. The van der Waals surface area contributed by atoms with Gasteiger partial charge in [0.1, 0.15) is 0 Å². The number of nitrogens with one attached hydrogen (secondary N) is 1. The van der Waals surface area contributed by atoms with E-state index >= 15 is 0 Å². The van der Waals surface area contributed by atoms with Crippen LogP contribution in [0.1, 0.15) is 47.9 Å². The number of nitrogens with zero attached hydrogens (tertiary/aromatic N) is 3. The number of amides is 1. The lowest BCUT2D eigenvalue weighted by Crippen LogP contribution is -2.43. The van der Waals surface area contributed by atoms with E-state index in [1.807, 2.05) is 6.92 Å². The number of halogens is 3. The molecule has 2 heterocycles. The molecule has 1 atom stereocenters. The van der Waals surface area contributed by atoms with Gasteiger partial charge in [-0.05, 0) is 51.4 Å². The van der Waals surface area contributed by atoms with Crippen molar-refractivity contribution in [2.24, 2.45) is 0 Å². The maximum atomic E-state index is 13.4. The third-order valence-electron chi connectivity index (χ3n) is 5.39. The van der Waals surface area contributed by atoms with E-state index in [1.165, 1.54) is 25.1 Å². The van der Waals surface area contributed by atoms with Gasteiger partial charge in [-0.15, -0.1) is 0 Å². The van der Waals surface area contributed by atoms with Gasteiger partial charge in [0.15, 0.2) is 5.69 Å². The Bertz CT molecular complexity index is 965. The third kappa shape index (κ3) is 4.72. The maximum absolute atomic E-state index is 13.4. The van der Waals surface area contributed by atoms with Crippen molar-refractivity contribution < 1.29 is 18.0 Å². The van der Waals surface area contributed by atoms with Gasteiger partial charge in [0, 0.05) is 24.3 Å². The van der Waals surface area contributed by atoms with Crippen molar-refractivity contribution in [1.29, 1.82) is 0 Å². The fourth-order valence-electron chi connectivity index (χ4n) is 3.78. The Kier molecular flexibility index (Phi) is 6.60. The molecule has 0 aliphatic carbocycles. The lowest BCUT2D eigenvalue weighted by Gasteiger charge is -2.26. The van der Waals surface area contributed by atoms with E-state index in [2.05, 4.69) is 15.3 Å². The number of aryl methyl sites for hydroxylation is 1. The van der Waals surface area contributed by atoms with Gasteiger partial charge in [-0.2, -0.15) is 18.3 Å².